The SMILES string of the molecule is CN(COCC[Si](C)(C)C)C(=N)C#C[Si](C)(C)C(C)(C)C. The van der Waals surface area contributed by atoms with Gasteiger partial charge in [0, 0.05) is 21.7 Å². The lowest BCUT2D eigenvalue weighted by atomic mass is 10.2. The molecule has 0 atom stereocenters. The van der Waals surface area contributed by atoms with Gasteiger partial charge in [-0.3, -0.25) is 5.41 Å². The number of ether oxygens (including phenoxy) is 1. The standard InChI is InChI=1S/C16H34N2OSi2/c1-16(2,3)21(8,9)12-10-15(17)18(4)14-19-11-13-20(5,6)7/h17H,11,13-14H2,1-9H3. The normalized spacial score (nSPS) is 12.6. The first-order chi connectivity index (χ1) is 9.26. The van der Waals surface area contributed by atoms with Crippen LogP contribution in [0.4, 0.5) is 0 Å². The third kappa shape index (κ3) is 8.45. The summed E-state index contributed by atoms with van der Waals surface area (Å²) >= 11 is 0. The zero-order valence-corrected chi connectivity index (χ0v) is 17.5. The molecule has 0 aliphatic rings. The molecular formula is C16H34N2OSi2. The van der Waals surface area contributed by atoms with Gasteiger partial charge in [0.2, 0.25) is 0 Å². The maximum absolute atomic E-state index is 8.04. The number of nitrogens with one attached hydrogen (secondary N) is 1. The van der Waals surface area contributed by atoms with Gasteiger partial charge in [-0.2, -0.15) is 0 Å². The van der Waals surface area contributed by atoms with Crippen LogP contribution >= 0.6 is 0 Å². The van der Waals surface area contributed by atoms with Crippen molar-refractivity contribution in [3.63, 3.8) is 0 Å². The summed E-state index contributed by atoms with van der Waals surface area (Å²) in [7, 11) is -0.805. The van der Waals surface area contributed by atoms with Gasteiger partial charge in [-0.25, -0.2) is 0 Å². The molecule has 21 heavy (non-hydrogen) atoms. The zero-order valence-electron chi connectivity index (χ0n) is 15.5. The molecule has 0 amide bonds. The van der Waals surface area contributed by atoms with Gasteiger partial charge in [0.25, 0.3) is 0 Å². The summed E-state index contributed by atoms with van der Waals surface area (Å²) < 4.78 is 5.66. The first kappa shape index (κ1) is 20.4. The van der Waals surface area contributed by atoms with E-state index in [0.717, 1.165) is 12.7 Å². The summed E-state index contributed by atoms with van der Waals surface area (Å²) in [6.45, 7) is 19.5. The summed E-state index contributed by atoms with van der Waals surface area (Å²) in [4.78, 5) is 1.78. The fraction of sp³-hybridized carbons (Fsp3) is 0.812. The fourth-order valence-electron chi connectivity index (χ4n) is 1.14. The van der Waals surface area contributed by atoms with Crippen LogP contribution in [-0.2, 0) is 4.74 Å². The maximum Gasteiger partial charge on any atom is 0.174 e. The molecule has 0 rings (SSSR count). The minimum Gasteiger partial charge on any atom is -0.361 e. The van der Waals surface area contributed by atoms with E-state index >= 15 is 0 Å². The molecule has 0 heterocycles. The molecule has 0 aliphatic heterocycles. The Morgan fingerprint density at radius 2 is 1.67 bits per heavy atom. The topological polar surface area (TPSA) is 36.3 Å². The third-order valence-corrected chi connectivity index (χ3v) is 10.2. The molecule has 0 aromatic heterocycles. The predicted octanol–water partition coefficient (Wildman–Crippen LogP) is 4.26. The highest BCUT2D eigenvalue weighted by molar-refractivity contribution is 6.87. The van der Waals surface area contributed by atoms with E-state index in [0.29, 0.717) is 12.6 Å². The maximum atomic E-state index is 8.04. The Hall–Kier alpha value is -0.576. The van der Waals surface area contributed by atoms with Gasteiger partial charge < -0.3 is 9.64 Å². The first-order valence-corrected chi connectivity index (χ1v) is 14.4. The first-order valence-electron chi connectivity index (χ1n) is 7.67. The van der Waals surface area contributed by atoms with Gasteiger partial charge in [-0.05, 0) is 17.0 Å². The quantitative estimate of drug-likeness (QED) is 0.205. The molecule has 5 heteroatoms. The molecule has 0 radical (unpaired) electrons. The van der Waals surface area contributed by atoms with E-state index in [9.17, 15) is 0 Å². The minimum atomic E-state index is -1.64. The zero-order chi connectivity index (χ0) is 16.9. The number of nitrogens with zero attached hydrogens (tertiary/aromatic N) is 1. The van der Waals surface area contributed by atoms with E-state index < -0.39 is 16.1 Å². The van der Waals surface area contributed by atoms with Crippen molar-refractivity contribution in [1.82, 2.24) is 4.90 Å². The summed E-state index contributed by atoms with van der Waals surface area (Å²) in [5.41, 5.74) is 3.37. The average Bonchev–Trinajstić information content (AvgIpc) is 2.28. The number of hydrogen-bond donors (Lipinski definition) is 1. The molecule has 0 saturated carbocycles. The van der Waals surface area contributed by atoms with Crippen LogP contribution in [0, 0.1) is 16.9 Å². The van der Waals surface area contributed by atoms with Gasteiger partial charge in [-0.1, -0.05) is 53.5 Å². The van der Waals surface area contributed by atoms with Crippen molar-refractivity contribution >= 4 is 22.0 Å². The van der Waals surface area contributed by atoms with Crippen LogP contribution in [0.15, 0.2) is 0 Å². The minimum absolute atomic E-state index is 0.229. The van der Waals surface area contributed by atoms with E-state index in [1.165, 1.54) is 0 Å². The Bertz CT molecular complexity index is 409. The Balaban J connectivity index is 4.37. The van der Waals surface area contributed by atoms with Gasteiger partial charge in [0.05, 0.1) is 0 Å². The smallest absolute Gasteiger partial charge is 0.174 e. The molecule has 0 unspecified atom stereocenters. The van der Waals surface area contributed by atoms with E-state index in [1.54, 1.807) is 4.90 Å². The van der Waals surface area contributed by atoms with E-state index in [4.69, 9.17) is 10.1 Å². The lowest BCUT2D eigenvalue weighted by molar-refractivity contribution is 0.0853. The van der Waals surface area contributed by atoms with Crippen LogP contribution in [0.3, 0.4) is 0 Å². The van der Waals surface area contributed by atoms with Gasteiger partial charge in [-0.15, -0.1) is 5.54 Å². The predicted molar refractivity (Wildman–Crippen MR) is 99.4 cm³/mol. The molecule has 0 spiro atoms. The van der Waals surface area contributed by atoms with Crippen LogP contribution < -0.4 is 0 Å². The van der Waals surface area contributed by atoms with Crippen LogP contribution in [0.2, 0.25) is 43.8 Å². The molecular weight excluding hydrogens is 292 g/mol. The molecule has 0 aromatic carbocycles. The van der Waals surface area contributed by atoms with Gasteiger partial charge in [0.15, 0.2) is 5.84 Å². The van der Waals surface area contributed by atoms with E-state index in [-0.39, 0.29) is 5.04 Å². The number of hydrogen-bond acceptors (Lipinski definition) is 2. The summed E-state index contributed by atoms with van der Waals surface area (Å²) in [6, 6.07) is 1.16. The summed E-state index contributed by atoms with van der Waals surface area (Å²) in [5.74, 6) is 3.39. The van der Waals surface area contributed by atoms with Crippen molar-refractivity contribution in [3.8, 4) is 11.5 Å². The van der Waals surface area contributed by atoms with Gasteiger partial charge in [0.1, 0.15) is 14.8 Å². The van der Waals surface area contributed by atoms with Crippen molar-refractivity contribution in [2.45, 2.75) is 64.6 Å². The second-order valence-electron chi connectivity index (χ2n) is 8.52. The Labute approximate surface area is 134 Å². The second kappa shape index (κ2) is 7.62. The summed E-state index contributed by atoms with van der Waals surface area (Å²) in [5, 5.41) is 8.27. The Morgan fingerprint density at radius 3 is 2.10 bits per heavy atom. The van der Waals surface area contributed by atoms with E-state index in [2.05, 4.69) is 65.0 Å². The fourth-order valence-corrected chi connectivity index (χ4v) is 2.71. The highest BCUT2D eigenvalue weighted by Crippen LogP contribution is 2.35. The van der Waals surface area contributed by atoms with Crippen LogP contribution in [0.1, 0.15) is 20.8 Å². The van der Waals surface area contributed by atoms with Crippen LogP contribution in [0.25, 0.3) is 0 Å². The number of amidine groups is 1. The van der Waals surface area contributed by atoms with Crippen LogP contribution in [-0.4, -0.2) is 47.3 Å². The number of rotatable bonds is 5. The summed E-state index contributed by atoms with van der Waals surface area (Å²) in [6.07, 6.45) is 0. The van der Waals surface area contributed by atoms with Crippen LogP contribution in [0.5, 0.6) is 0 Å². The molecule has 3 nitrogen and oxygen atoms in total. The Morgan fingerprint density at radius 1 is 1.14 bits per heavy atom. The second-order valence-corrected chi connectivity index (χ2v) is 19.1. The molecule has 1 N–H and O–H groups in total. The molecule has 0 aromatic rings. The molecule has 0 aliphatic carbocycles. The third-order valence-electron chi connectivity index (χ3n) is 4.03. The van der Waals surface area contributed by atoms with E-state index in [1.807, 2.05) is 7.05 Å². The monoisotopic (exact) mass is 326 g/mol. The lowest BCUT2D eigenvalue weighted by Crippen LogP contribution is -2.36. The molecule has 0 saturated heterocycles. The highest BCUT2D eigenvalue weighted by Gasteiger charge is 2.33. The van der Waals surface area contributed by atoms with Crippen molar-refractivity contribution in [1.29, 1.82) is 5.41 Å². The largest absolute Gasteiger partial charge is 0.361 e. The average molecular weight is 327 g/mol. The van der Waals surface area contributed by atoms with Crippen molar-refractivity contribution in [2.75, 3.05) is 20.4 Å². The van der Waals surface area contributed by atoms with Crippen molar-refractivity contribution in [3.05, 3.63) is 0 Å². The molecule has 0 bridgehead atoms. The van der Waals surface area contributed by atoms with Crippen molar-refractivity contribution in [2.24, 2.45) is 0 Å². The Kier molecular flexibility index (Phi) is 7.41. The van der Waals surface area contributed by atoms with Crippen molar-refractivity contribution < 1.29 is 4.74 Å². The molecule has 122 valence electrons. The molecule has 0 fully saturated rings. The van der Waals surface area contributed by atoms with Gasteiger partial charge >= 0.3 is 0 Å². The lowest BCUT2D eigenvalue weighted by Gasteiger charge is -2.31. The highest BCUT2D eigenvalue weighted by atomic mass is 28.3.